The summed E-state index contributed by atoms with van der Waals surface area (Å²) in [5.41, 5.74) is 0. The average Bonchev–Trinajstić information content (AvgIpc) is 2.85. The molecular formula is C13H25NO3. The van der Waals surface area contributed by atoms with Gasteiger partial charge in [-0.15, -0.1) is 0 Å². The third-order valence-corrected chi connectivity index (χ3v) is 4.13. The van der Waals surface area contributed by atoms with Crippen LogP contribution in [0.5, 0.6) is 0 Å². The number of aliphatic hydroxyl groups excluding tert-OH is 2. The first kappa shape index (κ1) is 13.3. The van der Waals surface area contributed by atoms with Crippen LogP contribution in [0.25, 0.3) is 0 Å². The molecule has 2 fully saturated rings. The summed E-state index contributed by atoms with van der Waals surface area (Å²) in [7, 11) is 0. The lowest BCUT2D eigenvalue weighted by Crippen LogP contribution is -2.45. The zero-order chi connectivity index (χ0) is 12.1. The van der Waals surface area contributed by atoms with Crippen LogP contribution in [0.1, 0.15) is 32.1 Å². The molecule has 1 saturated heterocycles. The molecule has 0 aromatic rings. The van der Waals surface area contributed by atoms with Crippen LogP contribution in [-0.4, -0.2) is 60.2 Å². The van der Waals surface area contributed by atoms with E-state index in [1.54, 1.807) is 0 Å². The topological polar surface area (TPSA) is 52.9 Å². The molecule has 0 bridgehead atoms. The number of aliphatic hydroxyl groups is 2. The number of nitrogens with zero attached hydrogens (tertiary/aromatic N) is 1. The van der Waals surface area contributed by atoms with Gasteiger partial charge in [-0.1, -0.05) is 12.8 Å². The standard InChI is InChI=1S/C13H25NO3/c15-7-6-14(12-3-1-2-4-12)9-11-10-17-8-5-13(11)16/h11-13,15-16H,1-10H2. The lowest BCUT2D eigenvalue weighted by atomic mass is 9.97. The van der Waals surface area contributed by atoms with E-state index < -0.39 is 0 Å². The normalized spacial score (nSPS) is 31.2. The fourth-order valence-corrected chi connectivity index (χ4v) is 3.08. The van der Waals surface area contributed by atoms with Crippen molar-refractivity contribution in [2.75, 3.05) is 32.9 Å². The molecule has 0 aromatic carbocycles. The first-order chi connectivity index (χ1) is 8.31. The van der Waals surface area contributed by atoms with Crippen molar-refractivity contribution < 1.29 is 14.9 Å². The van der Waals surface area contributed by atoms with E-state index >= 15 is 0 Å². The highest BCUT2D eigenvalue weighted by Gasteiger charge is 2.29. The predicted octanol–water partition coefficient (Wildman–Crippen LogP) is 0.621. The fraction of sp³-hybridized carbons (Fsp3) is 1.00. The quantitative estimate of drug-likeness (QED) is 0.743. The highest BCUT2D eigenvalue weighted by molar-refractivity contribution is 4.82. The van der Waals surface area contributed by atoms with Crippen LogP contribution < -0.4 is 0 Å². The summed E-state index contributed by atoms with van der Waals surface area (Å²) < 4.78 is 5.45. The number of ether oxygens (including phenoxy) is 1. The van der Waals surface area contributed by atoms with E-state index in [1.807, 2.05) is 0 Å². The first-order valence-electron chi connectivity index (χ1n) is 6.92. The van der Waals surface area contributed by atoms with Crippen LogP contribution in [-0.2, 0) is 4.74 Å². The average molecular weight is 243 g/mol. The van der Waals surface area contributed by atoms with Crippen LogP contribution >= 0.6 is 0 Å². The zero-order valence-corrected chi connectivity index (χ0v) is 10.6. The van der Waals surface area contributed by atoms with Crippen LogP contribution in [0.2, 0.25) is 0 Å². The Bertz CT molecular complexity index is 219. The molecule has 2 unspecified atom stereocenters. The summed E-state index contributed by atoms with van der Waals surface area (Å²) in [6.45, 7) is 3.15. The Hall–Kier alpha value is -0.160. The third-order valence-electron chi connectivity index (χ3n) is 4.13. The maximum atomic E-state index is 9.96. The van der Waals surface area contributed by atoms with E-state index in [-0.39, 0.29) is 18.6 Å². The summed E-state index contributed by atoms with van der Waals surface area (Å²) in [4.78, 5) is 2.36. The second-order valence-electron chi connectivity index (χ2n) is 5.35. The molecule has 2 atom stereocenters. The second kappa shape index (κ2) is 6.69. The minimum Gasteiger partial charge on any atom is -0.395 e. The fourth-order valence-electron chi connectivity index (χ4n) is 3.08. The van der Waals surface area contributed by atoms with Gasteiger partial charge in [-0.05, 0) is 19.3 Å². The van der Waals surface area contributed by atoms with Gasteiger partial charge in [-0.25, -0.2) is 0 Å². The van der Waals surface area contributed by atoms with Gasteiger partial charge in [0.15, 0.2) is 0 Å². The van der Waals surface area contributed by atoms with Gasteiger partial charge >= 0.3 is 0 Å². The summed E-state index contributed by atoms with van der Waals surface area (Å²) in [5, 5.41) is 19.1. The molecule has 100 valence electrons. The van der Waals surface area contributed by atoms with E-state index in [1.165, 1.54) is 25.7 Å². The predicted molar refractivity (Wildman–Crippen MR) is 65.8 cm³/mol. The van der Waals surface area contributed by atoms with Crippen LogP contribution in [0.3, 0.4) is 0 Å². The van der Waals surface area contributed by atoms with Crippen molar-refractivity contribution in [3.05, 3.63) is 0 Å². The lowest BCUT2D eigenvalue weighted by Gasteiger charge is -2.35. The maximum absolute atomic E-state index is 9.96. The second-order valence-corrected chi connectivity index (χ2v) is 5.35. The van der Waals surface area contributed by atoms with E-state index in [2.05, 4.69) is 4.90 Å². The Balaban J connectivity index is 1.86. The van der Waals surface area contributed by atoms with Crippen molar-refractivity contribution >= 4 is 0 Å². The van der Waals surface area contributed by atoms with Gasteiger partial charge in [0.2, 0.25) is 0 Å². The molecule has 17 heavy (non-hydrogen) atoms. The van der Waals surface area contributed by atoms with Crippen molar-refractivity contribution in [3.63, 3.8) is 0 Å². The molecular weight excluding hydrogens is 218 g/mol. The Morgan fingerprint density at radius 2 is 1.94 bits per heavy atom. The summed E-state index contributed by atoms with van der Waals surface area (Å²) in [6, 6.07) is 0.608. The minimum absolute atomic E-state index is 0.209. The largest absolute Gasteiger partial charge is 0.395 e. The zero-order valence-electron chi connectivity index (χ0n) is 10.6. The Morgan fingerprint density at radius 1 is 1.18 bits per heavy atom. The minimum atomic E-state index is -0.230. The highest BCUT2D eigenvalue weighted by Crippen LogP contribution is 2.25. The SMILES string of the molecule is OCCN(CC1COCCC1O)C1CCCC1. The monoisotopic (exact) mass is 243 g/mol. The van der Waals surface area contributed by atoms with Gasteiger partial charge in [0.05, 0.1) is 19.3 Å². The lowest BCUT2D eigenvalue weighted by molar-refractivity contribution is -0.0517. The first-order valence-corrected chi connectivity index (χ1v) is 6.92. The molecule has 1 heterocycles. The Labute approximate surface area is 104 Å². The number of rotatable bonds is 5. The Kier molecular flexibility index (Phi) is 5.22. The van der Waals surface area contributed by atoms with Gasteiger partial charge in [0.25, 0.3) is 0 Å². The van der Waals surface area contributed by atoms with Crippen molar-refractivity contribution in [2.24, 2.45) is 5.92 Å². The molecule has 0 aromatic heterocycles. The smallest absolute Gasteiger partial charge is 0.0624 e. The third kappa shape index (κ3) is 3.65. The summed E-state index contributed by atoms with van der Waals surface area (Å²) >= 11 is 0. The van der Waals surface area contributed by atoms with Crippen LogP contribution in [0, 0.1) is 5.92 Å². The van der Waals surface area contributed by atoms with E-state index in [9.17, 15) is 5.11 Å². The van der Waals surface area contributed by atoms with Crippen molar-refractivity contribution in [3.8, 4) is 0 Å². The molecule has 1 saturated carbocycles. The molecule has 0 amide bonds. The van der Waals surface area contributed by atoms with E-state index in [0.717, 1.165) is 19.5 Å². The molecule has 4 heteroatoms. The molecule has 2 N–H and O–H groups in total. The molecule has 0 radical (unpaired) electrons. The molecule has 0 spiro atoms. The molecule has 1 aliphatic carbocycles. The Morgan fingerprint density at radius 3 is 2.59 bits per heavy atom. The summed E-state index contributed by atoms with van der Waals surface area (Å²) in [5.74, 6) is 0.218. The van der Waals surface area contributed by atoms with Gasteiger partial charge in [-0.3, -0.25) is 4.90 Å². The van der Waals surface area contributed by atoms with Gasteiger partial charge < -0.3 is 14.9 Å². The molecule has 2 aliphatic rings. The van der Waals surface area contributed by atoms with Gasteiger partial charge in [0.1, 0.15) is 0 Å². The van der Waals surface area contributed by atoms with E-state index in [0.29, 0.717) is 19.3 Å². The van der Waals surface area contributed by atoms with Crippen molar-refractivity contribution in [2.45, 2.75) is 44.2 Å². The van der Waals surface area contributed by atoms with Gasteiger partial charge in [-0.2, -0.15) is 0 Å². The molecule has 4 nitrogen and oxygen atoms in total. The van der Waals surface area contributed by atoms with Crippen LogP contribution in [0.15, 0.2) is 0 Å². The molecule has 1 aliphatic heterocycles. The number of hydrogen-bond acceptors (Lipinski definition) is 4. The van der Waals surface area contributed by atoms with Crippen molar-refractivity contribution in [1.82, 2.24) is 4.90 Å². The van der Waals surface area contributed by atoms with Gasteiger partial charge in [0, 0.05) is 31.7 Å². The van der Waals surface area contributed by atoms with Crippen LogP contribution in [0.4, 0.5) is 0 Å². The van der Waals surface area contributed by atoms with Crippen molar-refractivity contribution in [1.29, 1.82) is 0 Å². The van der Waals surface area contributed by atoms with E-state index in [4.69, 9.17) is 9.84 Å². The highest BCUT2D eigenvalue weighted by atomic mass is 16.5. The molecule has 2 rings (SSSR count). The number of hydrogen-bond donors (Lipinski definition) is 2. The maximum Gasteiger partial charge on any atom is 0.0624 e. The summed E-state index contributed by atoms with van der Waals surface area (Å²) in [6.07, 6.45) is 5.61.